The predicted octanol–water partition coefficient (Wildman–Crippen LogP) is 1.19. The summed E-state index contributed by atoms with van der Waals surface area (Å²) in [6.45, 7) is 12.3. The normalized spacial score (nSPS) is 33.5. The van der Waals surface area contributed by atoms with E-state index in [-0.39, 0.29) is 18.3 Å². The number of rotatable bonds is 4. The van der Waals surface area contributed by atoms with Crippen LogP contribution < -0.4 is 0 Å². The van der Waals surface area contributed by atoms with Gasteiger partial charge >= 0.3 is 0 Å². The Balaban J connectivity index is 1.70. The molecule has 2 saturated heterocycles. The molecule has 1 N–H and O–H groups in total. The van der Waals surface area contributed by atoms with Crippen molar-refractivity contribution in [3.63, 3.8) is 0 Å². The smallest absolute Gasteiger partial charge is 0.0793 e. The number of aliphatic hydroxyl groups is 1. The molecule has 112 valence electrons. The lowest BCUT2D eigenvalue weighted by Gasteiger charge is -2.37. The average Bonchev–Trinajstić information content (AvgIpc) is 2.30. The Bertz CT molecular complexity index is 257. The number of β-amino-alcohol motifs (C(OH)–C–C–N with tert-alkyl or cyclic N) is 1. The molecule has 4 heteroatoms. The highest BCUT2D eigenvalue weighted by Gasteiger charge is 2.25. The van der Waals surface area contributed by atoms with Crippen LogP contribution in [-0.4, -0.2) is 72.5 Å². The van der Waals surface area contributed by atoms with E-state index >= 15 is 0 Å². The first-order chi connectivity index (χ1) is 9.02. The molecule has 4 nitrogen and oxygen atoms in total. The van der Waals surface area contributed by atoms with Crippen LogP contribution in [0.2, 0.25) is 0 Å². The highest BCUT2D eigenvalue weighted by molar-refractivity contribution is 4.78. The third-order valence-electron chi connectivity index (χ3n) is 4.31. The van der Waals surface area contributed by atoms with Crippen LogP contribution in [0.5, 0.6) is 0 Å². The highest BCUT2D eigenvalue weighted by atomic mass is 16.5. The van der Waals surface area contributed by atoms with Crippen LogP contribution in [0.1, 0.15) is 33.6 Å². The Morgan fingerprint density at radius 3 is 2.11 bits per heavy atom. The average molecular weight is 270 g/mol. The molecule has 3 unspecified atom stereocenters. The summed E-state index contributed by atoms with van der Waals surface area (Å²) >= 11 is 0. The second-order valence-electron chi connectivity index (χ2n) is 6.61. The summed E-state index contributed by atoms with van der Waals surface area (Å²) in [4.78, 5) is 4.76. The summed E-state index contributed by atoms with van der Waals surface area (Å²) in [6, 6.07) is 0. The minimum Gasteiger partial charge on any atom is -0.390 e. The molecule has 0 aromatic heterocycles. The quantitative estimate of drug-likeness (QED) is 0.832. The Morgan fingerprint density at radius 1 is 1.00 bits per heavy atom. The number of morpholine rings is 1. The molecule has 0 aromatic rings. The topological polar surface area (TPSA) is 35.9 Å². The summed E-state index contributed by atoms with van der Waals surface area (Å²) in [7, 11) is 0. The van der Waals surface area contributed by atoms with Crippen molar-refractivity contribution in [2.24, 2.45) is 5.92 Å². The van der Waals surface area contributed by atoms with Crippen LogP contribution >= 0.6 is 0 Å². The molecule has 0 bridgehead atoms. The SMILES string of the molecule is CC1CCN(CC(O)CN2CC(C)OC(C)C2)CC1. The third kappa shape index (κ3) is 5.03. The molecule has 2 fully saturated rings. The molecule has 0 amide bonds. The van der Waals surface area contributed by atoms with Crippen molar-refractivity contribution in [2.75, 3.05) is 39.3 Å². The molecule has 2 aliphatic heterocycles. The van der Waals surface area contributed by atoms with E-state index in [0.717, 1.165) is 45.2 Å². The summed E-state index contributed by atoms with van der Waals surface area (Å²) < 4.78 is 5.73. The first-order valence-electron chi connectivity index (χ1n) is 7.81. The monoisotopic (exact) mass is 270 g/mol. The van der Waals surface area contributed by atoms with Crippen molar-refractivity contribution in [3.8, 4) is 0 Å². The number of aliphatic hydroxyl groups excluding tert-OH is 1. The lowest BCUT2D eigenvalue weighted by molar-refractivity contribution is -0.0783. The van der Waals surface area contributed by atoms with Crippen LogP contribution in [0, 0.1) is 5.92 Å². The summed E-state index contributed by atoms with van der Waals surface area (Å²) in [5.74, 6) is 0.856. The molecule has 2 heterocycles. The van der Waals surface area contributed by atoms with Gasteiger partial charge in [-0.3, -0.25) is 4.90 Å². The Labute approximate surface area is 117 Å². The Kier molecular flexibility index (Phi) is 5.63. The number of hydrogen-bond acceptors (Lipinski definition) is 4. The van der Waals surface area contributed by atoms with Gasteiger partial charge in [0, 0.05) is 26.2 Å². The first kappa shape index (κ1) is 15.2. The number of piperidine rings is 1. The van der Waals surface area contributed by atoms with E-state index in [9.17, 15) is 5.11 Å². The van der Waals surface area contributed by atoms with Crippen LogP contribution in [0.3, 0.4) is 0 Å². The van der Waals surface area contributed by atoms with Gasteiger partial charge in [-0.25, -0.2) is 0 Å². The van der Waals surface area contributed by atoms with Gasteiger partial charge in [0.2, 0.25) is 0 Å². The van der Waals surface area contributed by atoms with Gasteiger partial charge in [-0.05, 0) is 45.7 Å². The summed E-state index contributed by atoms with van der Waals surface area (Å²) in [6.07, 6.45) is 2.89. The van der Waals surface area contributed by atoms with Gasteiger partial charge in [0.25, 0.3) is 0 Å². The maximum absolute atomic E-state index is 10.3. The van der Waals surface area contributed by atoms with E-state index in [1.807, 2.05) is 0 Å². The van der Waals surface area contributed by atoms with Gasteiger partial charge < -0.3 is 14.7 Å². The molecule has 0 aliphatic carbocycles. The fourth-order valence-electron chi connectivity index (χ4n) is 3.33. The molecule has 2 rings (SSSR count). The lowest BCUT2D eigenvalue weighted by atomic mass is 9.99. The maximum atomic E-state index is 10.3. The van der Waals surface area contributed by atoms with Gasteiger partial charge in [0.15, 0.2) is 0 Å². The van der Waals surface area contributed by atoms with E-state index in [4.69, 9.17) is 4.74 Å². The van der Waals surface area contributed by atoms with E-state index < -0.39 is 0 Å². The Hall–Kier alpha value is -0.160. The van der Waals surface area contributed by atoms with Crippen molar-refractivity contribution in [1.82, 2.24) is 9.80 Å². The van der Waals surface area contributed by atoms with Gasteiger partial charge in [0.05, 0.1) is 18.3 Å². The van der Waals surface area contributed by atoms with Crippen molar-refractivity contribution < 1.29 is 9.84 Å². The van der Waals surface area contributed by atoms with E-state index in [1.54, 1.807) is 0 Å². The van der Waals surface area contributed by atoms with E-state index in [0.29, 0.717) is 0 Å². The summed E-state index contributed by atoms with van der Waals surface area (Å²) in [5, 5.41) is 10.3. The van der Waals surface area contributed by atoms with Crippen molar-refractivity contribution in [2.45, 2.75) is 51.9 Å². The summed E-state index contributed by atoms with van der Waals surface area (Å²) in [5.41, 5.74) is 0. The number of ether oxygens (including phenoxy) is 1. The fraction of sp³-hybridized carbons (Fsp3) is 1.00. The van der Waals surface area contributed by atoms with Crippen molar-refractivity contribution in [1.29, 1.82) is 0 Å². The molecule has 3 atom stereocenters. The highest BCUT2D eigenvalue weighted by Crippen LogP contribution is 2.16. The van der Waals surface area contributed by atoms with Crippen LogP contribution in [0.4, 0.5) is 0 Å². The van der Waals surface area contributed by atoms with Gasteiger partial charge in [-0.1, -0.05) is 6.92 Å². The zero-order valence-electron chi connectivity index (χ0n) is 12.7. The lowest BCUT2D eigenvalue weighted by Crippen LogP contribution is -2.50. The number of likely N-dealkylation sites (tertiary alicyclic amines) is 1. The standard InChI is InChI=1S/C15H30N2O2/c1-12-4-6-16(7-5-12)10-15(18)11-17-8-13(2)19-14(3)9-17/h12-15,18H,4-11H2,1-3H3. The first-order valence-corrected chi connectivity index (χ1v) is 7.81. The zero-order chi connectivity index (χ0) is 13.8. The maximum Gasteiger partial charge on any atom is 0.0793 e. The van der Waals surface area contributed by atoms with Crippen LogP contribution in [-0.2, 0) is 4.74 Å². The van der Waals surface area contributed by atoms with Gasteiger partial charge in [-0.2, -0.15) is 0 Å². The molecule has 0 spiro atoms. The second kappa shape index (κ2) is 7.02. The van der Waals surface area contributed by atoms with Crippen LogP contribution in [0.25, 0.3) is 0 Å². The van der Waals surface area contributed by atoms with Crippen molar-refractivity contribution >= 4 is 0 Å². The van der Waals surface area contributed by atoms with E-state index in [1.165, 1.54) is 12.8 Å². The predicted molar refractivity (Wildman–Crippen MR) is 77.3 cm³/mol. The van der Waals surface area contributed by atoms with Gasteiger partial charge in [-0.15, -0.1) is 0 Å². The number of nitrogens with zero attached hydrogens (tertiary/aromatic N) is 2. The molecule has 0 aromatic carbocycles. The largest absolute Gasteiger partial charge is 0.390 e. The Morgan fingerprint density at radius 2 is 1.53 bits per heavy atom. The molecule has 19 heavy (non-hydrogen) atoms. The molecule has 0 saturated carbocycles. The second-order valence-corrected chi connectivity index (χ2v) is 6.61. The molecular weight excluding hydrogens is 240 g/mol. The third-order valence-corrected chi connectivity index (χ3v) is 4.31. The minimum atomic E-state index is -0.231. The van der Waals surface area contributed by atoms with Crippen molar-refractivity contribution in [3.05, 3.63) is 0 Å². The molecular formula is C15H30N2O2. The fourth-order valence-corrected chi connectivity index (χ4v) is 3.33. The van der Waals surface area contributed by atoms with Gasteiger partial charge in [0.1, 0.15) is 0 Å². The minimum absolute atomic E-state index is 0.231. The van der Waals surface area contributed by atoms with Crippen LogP contribution in [0.15, 0.2) is 0 Å². The molecule has 2 aliphatic rings. The number of hydrogen-bond donors (Lipinski definition) is 1. The van der Waals surface area contributed by atoms with E-state index in [2.05, 4.69) is 30.6 Å². The zero-order valence-corrected chi connectivity index (χ0v) is 12.7. The molecule has 0 radical (unpaired) electrons.